The molecule has 0 saturated carbocycles. The van der Waals surface area contributed by atoms with Crippen molar-refractivity contribution in [3.8, 4) is 5.75 Å². The number of rotatable bonds is 8. The highest BCUT2D eigenvalue weighted by atomic mass is 16.5. The van der Waals surface area contributed by atoms with Crippen LogP contribution in [-0.4, -0.2) is 36.6 Å². The number of para-hydroxylation sites is 1. The molecule has 0 fully saturated rings. The first-order valence-electron chi connectivity index (χ1n) is 9.64. The fourth-order valence-electron chi connectivity index (χ4n) is 3.06. The molecule has 1 aromatic heterocycles. The predicted molar refractivity (Wildman–Crippen MR) is 112 cm³/mol. The molecule has 0 aliphatic rings. The number of fused-ring (bicyclic) bond motifs is 1. The molecular weight excluding hydrogens is 368 g/mol. The van der Waals surface area contributed by atoms with Crippen LogP contribution in [0.2, 0.25) is 0 Å². The lowest BCUT2D eigenvalue weighted by atomic mass is 10.0. The van der Waals surface area contributed by atoms with Gasteiger partial charge in [0.05, 0.1) is 13.7 Å². The molecule has 0 saturated heterocycles. The maximum atomic E-state index is 12.7. The molecule has 1 heterocycles. The van der Waals surface area contributed by atoms with Crippen LogP contribution in [0, 0.1) is 5.92 Å². The van der Waals surface area contributed by atoms with Gasteiger partial charge in [-0.05, 0) is 41.8 Å². The van der Waals surface area contributed by atoms with Crippen LogP contribution >= 0.6 is 0 Å². The monoisotopic (exact) mass is 394 g/mol. The number of methoxy groups -OCH3 is 1. The zero-order chi connectivity index (χ0) is 20.8. The van der Waals surface area contributed by atoms with E-state index in [0.717, 1.165) is 16.5 Å². The molecule has 1 unspecified atom stereocenters. The molecule has 2 N–H and O–H groups in total. The SMILES string of the molecule is COC(=O)C(Cc1c[nH]c2ccccc12)NC(=O)c1ccc(OCC(C)C)cc1. The zero-order valence-corrected chi connectivity index (χ0v) is 16.9. The lowest BCUT2D eigenvalue weighted by Crippen LogP contribution is -2.43. The van der Waals surface area contributed by atoms with Crippen molar-refractivity contribution in [2.24, 2.45) is 5.92 Å². The summed E-state index contributed by atoms with van der Waals surface area (Å²) in [7, 11) is 1.32. The highest BCUT2D eigenvalue weighted by Gasteiger charge is 2.24. The normalized spacial score (nSPS) is 12.0. The molecule has 6 nitrogen and oxygen atoms in total. The molecule has 3 rings (SSSR count). The first-order chi connectivity index (χ1) is 14.0. The van der Waals surface area contributed by atoms with E-state index in [9.17, 15) is 9.59 Å². The minimum Gasteiger partial charge on any atom is -0.493 e. The Hall–Kier alpha value is -3.28. The highest BCUT2D eigenvalue weighted by Crippen LogP contribution is 2.20. The summed E-state index contributed by atoms with van der Waals surface area (Å²) < 4.78 is 10.5. The van der Waals surface area contributed by atoms with E-state index in [1.54, 1.807) is 24.3 Å². The molecular formula is C23H26N2O4. The fraction of sp³-hybridized carbons (Fsp3) is 0.304. The van der Waals surface area contributed by atoms with E-state index in [1.807, 2.05) is 30.5 Å². The molecule has 0 bridgehead atoms. The van der Waals surface area contributed by atoms with E-state index in [4.69, 9.17) is 9.47 Å². The summed E-state index contributed by atoms with van der Waals surface area (Å²) in [5.74, 6) is 0.304. The van der Waals surface area contributed by atoms with Crippen molar-refractivity contribution in [3.05, 3.63) is 65.9 Å². The van der Waals surface area contributed by atoms with Crippen molar-refractivity contribution in [1.82, 2.24) is 10.3 Å². The number of nitrogens with one attached hydrogen (secondary N) is 2. The van der Waals surface area contributed by atoms with Crippen LogP contribution in [0.5, 0.6) is 5.75 Å². The average molecular weight is 394 g/mol. The van der Waals surface area contributed by atoms with E-state index in [2.05, 4.69) is 24.1 Å². The Morgan fingerprint density at radius 3 is 2.48 bits per heavy atom. The quantitative estimate of drug-likeness (QED) is 0.571. The minimum absolute atomic E-state index is 0.331. The number of hydrogen-bond acceptors (Lipinski definition) is 4. The summed E-state index contributed by atoms with van der Waals surface area (Å²) >= 11 is 0. The van der Waals surface area contributed by atoms with Gasteiger partial charge in [-0.15, -0.1) is 0 Å². The number of esters is 1. The number of carbonyl (C=O) groups is 2. The molecule has 29 heavy (non-hydrogen) atoms. The maximum Gasteiger partial charge on any atom is 0.328 e. The van der Waals surface area contributed by atoms with E-state index in [1.165, 1.54) is 7.11 Å². The van der Waals surface area contributed by atoms with E-state index < -0.39 is 12.0 Å². The molecule has 152 valence electrons. The second-order valence-corrected chi connectivity index (χ2v) is 7.34. The van der Waals surface area contributed by atoms with Crippen molar-refractivity contribution in [3.63, 3.8) is 0 Å². The molecule has 0 spiro atoms. The fourth-order valence-corrected chi connectivity index (χ4v) is 3.06. The van der Waals surface area contributed by atoms with Gasteiger partial charge in [0.15, 0.2) is 0 Å². The Kier molecular flexibility index (Phi) is 6.54. The van der Waals surface area contributed by atoms with Gasteiger partial charge in [-0.3, -0.25) is 4.79 Å². The Bertz CT molecular complexity index is 976. The number of carbonyl (C=O) groups excluding carboxylic acids is 2. The Balaban J connectivity index is 1.71. The minimum atomic E-state index is -0.788. The molecule has 1 atom stereocenters. The third kappa shape index (κ3) is 5.16. The maximum absolute atomic E-state index is 12.7. The number of aromatic nitrogens is 1. The van der Waals surface area contributed by atoms with Crippen LogP contribution in [0.25, 0.3) is 10.9 Å². The first kappa shape index (κ1) is 20.5. The number of benzene rings is 2. The topological polar surface area (TPSA) is 80.4 Å². The standard InChI is InChI=1S/C23H26N2O4/c1-15(2)14-29-18-10-8-16(9-11-18)22(26)25-21(23(27)28-3)12-17-13-24-20-7-5-4-6-19(17)20/h4-11,13,15,21,24H,12,14H2,1-3H3,(H,25,26). The van der Waals surface area contributed by atoms with Crippen LogP contribution in [0.1, 0.15) is 29.8 Å². The van der Waals surface area contributed by atoms with Gasteiger partial charge in [-0.2, -0.15) is 0 Å². The average Bonchev–Trinajstić information content (AvgIpc) is 3.14. The second-order valence-electron chi connectivity index (χ2n) is 7.34. The van der Waals surface area contributed by atoms with E-state index in [-0.39, 0.29) is 5.91 Å². The molecule has 3 aromatic rings. The lowest BCUT2D eigenvalue weighted by Gasteiger charge is -2.16. The zero-order valence-electron chi connectivity index (χ0n) is 16.9. The third-order valence-corrected chi connectivity index (χ3v) is 4.59. The lowest BCUT2D eigenvalue weighted by molar-refractivity contribution is -0.142. The van der Waals surface area contributed by atoms with Crippen LogP contribution in [-0.2, 0) is 16.0 Å². The largest absolute Gasteiger partial charge is 0.493 e. The Labute approximate surface area is 170 Å². The molecule has 1 amide bonds. The van der Waals surface area contributed by atoms with Crippen molar-refractivity contribution in [2.45, 2.75) is 26.3 Å². The van der Waals surface area contributed by atoms with Crippen molar-refractivity contribution >= 4 is 22.8 Å². The van der Waals surface area contributed by atoms with Crippen LogP contribution < -0.4 is 10.1 Å². The van der Waals surface area contributed by atoms with Gasteiger partial charge in [-0.1, -0.05) is 32.0 Å². The van der Waals surface area contributed by atoms with Crippen LogP contribution in [0.4, 0.5) is 0 Å². The number of ether oxygens (including phenoxy) is 2. The van der Waals surface area contributed by atoms with Gasteiger partial charge in [-0.25, -0.2) is 4.79 Å². The van der Waals surface area contributed by atoms with Gasteiger partial charge in [0.25, 0.3) is 5.91 Å². The van der Waals surface area contributed by atoms with Gasteiger partial charge in [0.1, 0.15) is 11.8 Å². The van der Waals surface area contributed by atoms with Gasteiger partial charge in [0.2, 0.25) is 0 Å². The van der Waals surface area contributed by atoms with E-state index >= 15 is 0 Å². The number of aromatic amines is 1. The van der Waals surface area contributed by atoms with Gasteiger partial charge < -0.3 is 19.8 Å². The molecule has 0 radical (unpaired) electrons. The molecule has 0 aliphatic heterocycles. The molecule has 6 heteroatoms. The summed E-state index contributed by atoms with van der Waals surface area (Å²) in [4.78, 5) is 28.1. The van der Waals surface area contributed by atoms with Crippen molar-refractivity contribution < 1.29 is 19.1 Å². The van der Waals surface area contributed by atoms with Gasteiger partial charge in [0, 0.05) is 29.1 Å². The van der Waals surface area contributed by atoms with E-state index in [0.29, 0.717) is 30.3 Å². The smallest absolute Gasteiger partial charge is 0.328 e. The summed E-state index contributed by atoms with van der Waals surface area (Å²) in [6.45, 7) is 4.76. The number of amides is 1. The Morgan fingerprint density at radius 2 is 1.79 bits per heavy atom. The summed E-state index contributed by atoms with van der Waals surface area (Å²) in [5, 5.41) is 3.80. The number of hydrogen-bond donors (Lipinski definition) is 2. The van der Waals surface area contributed by atoms with Gasteiger partial charge >= 0.3 is 5.97 Å². The highest BCUT2D eigenvalue weighted by molar-refractivity contribution is 5.97. The summed E-state index contributed by atoms with van der Waals surface area (Å²) in [6, 6.07) is 13.9. The van der Waals surface area contributed by atoms with Crippen molar-refractivity contribution in [2.75, 3.05) is 13.7 Å². The first-order valence-corrected chi connectivity index (χ1v) is 9.64. The van der Waals surface area contributed by atoms with Crippen LogP contribution in [0.15, 0.2) is 54.7 Å². The summed E-state index contributed by atoms with van der Waals surface area (Å²) in [6.07, 6.45) is 2.19. The third-order valence-electron chi connectivity index (χ3n) is 4.59. The predicted octanol–water partition coefficient (Wildman–Crippen LogP) is 3.72. The Morgan fingerprint density at radius 1 is 1.07 bits per heavy atom. The second kappa shape index (κ2) is 9.28. The molecule has 0 aliphatic carbocycles. The summed E-state index contributed by atoms with van der Waals surface area (Å²) in [5.41, 5.74) is 2.37. The van der Waals surface area contributed by atoms with Crippen molar-refractivity contribution in [1.29, 1.82) is 0 Å². The van der Waals surface area contributed by atoms with Crippen LogP contribution in [0.3, 0.4) is 0 Å². The molecule has 2 aromatic carbocycles. The number of H-pyrrole nitrogens is 1.